The summed E-state index contributed by atoms with van der Waals surface area (Å²) in [7, 11) is 4.05. The van der Waals surface area contributed by atoms with Gasteiger partial charge in [0.1, 0.15) is 23.4 Å². The van der Waals surface area contributed by atoms with Gasteiger partial charge >= 0.3 is 0 Å². The summed E-state index contributed by atoms with van der Waals surface area (Å²) in [6.45, 7) is 1.57. The molecule has 0 bridgehead atoms. The summed E-state index contributed by atoms with van der Waals surface area (Å²) in [4.78, 5) is 8.75. The number of hydrogen-bond donors (Lipinski definition) is 1. The van der Waals surface area contributed by atoms with E-state index in [-0.39, 0.29) is 17.9 Å². The molecule has 3 aromatic rings. The highest BCUT2D eigenvalue weighted by atomic mass is 79.9. The van der Waals surface area contributed by atoms with Gasteiger partial charge in [-0.25, -0.2) is 4.39 Å². The number of hydrogen-bond acceptors (Lipinski definition) is 4. The van der Waals surface area contributed by atoms with Crippen LogP contribution in [-0.2, 0) is 0 Å². The van der Waals surface area contributed by atoms with Gasteiger partial charge in [0, 0.05) is 23.8 Å². The summed E-state index contributed by atoms with van der Waals surface area (Å²) < 4.78 is 21.3. The number of benzene rings is 1. The summed E-state index contributed by atoms with van der Waals surface area (Å²) in [5.74, 6) is 0.866. The zero-order valence-electron chi connectivity index (χ0n) is 16.7. The molecule has 1 aliphatic heterocycles. The molecule has 0 spiro atoms. The second kappa shape index (κ2) is 8.83. The van der Waals surface area contributed by atoms with Crippen molar-refractivity contribution < 1.29 is 8.81 Å². The fourth-order valence-corrected chi connectivity index (χ4v) is 4.27. The van der Waals surface area contributed by atoms with E-state index in [4.69, 9.17) is 16.6 Å². The lowest BCUT2D eigenvalue weighted by molar-refractivity contribution is 0.250. The van der Waals surface area contributed by atoms with E-state index in [1.807, 2.05) is 44.4 Å². The van der Waals surface area contributed by atoms with E-state index < -0.39 is 0 Å². The largest absolute Gasteiger partial charge is 0.459 e. The molecular formula is C22H22BrFN4OS. The first-order chi connectivity index (χ1) is 14.4. The Morgan fingerprint density at radius 2 is 2.07 bits per heavy atom. The van der Waals surface area contributed by atoms with E-state index >= 15 is 0 Å². The molecule has 0 amide bonds. The van der Waals surface area contributed by atoms with Gasteiger partial charge in [-0.15, -0.1) is 0 Å². The fourth-order valence-electron chi connectivity index (χ4n) is 3.61. The number of nitrogens with zero attached hydrogens (tertiary/aromatic N) is 3. The molecule has 0 saturated carbocycles. The van der Waals surface area contributed by atoms with Crippen molar-refractivity contribution in [2.45, 2.75) is 12.1 Å². The van der Waals surface area contributed by atoms with Gasteiger partial charge in [-0.2, -0.15) is 0 Å². The van der Waals surface area contributed by atoms with Crippen LogP contribution in [0.2, 0.25) is 0 Å². The van der Waals surface area contributed by atoms with Crippen molar-refractivity contribution in [1.29, 1.82) is 0 Å². The molecule has 5 nitrogen and oxygen atoms in total. The van der Waals surface area contributed by atoms with Gasteiger partial charge in [-0.1, -0.05) is 22.0 Å². The van der Waals surface area contributed by atoms with Crippen LogP contribution in [0.15, 0.2) is 63.6 Å². The third-order valence-electron chi connectivity index (χ3n) is 5.10. The Labute approximate surface area is 189 Å². The summed E-state index contributed by atoms with van der Waals surface area (Å²) >= 11 is 8.94. The van der Waals surface area contributed by atoms with Crippen molar-refractivity contribution in [1.82, 2.24) is 20.1 Å². The number of furan rings is 1. The van der Waals surface area contributed by atoms with Crippen molar-refractivity contribution in [2.24, 2.45) is 0 Å². The highest BCUT2D eigenvalue weighted by molar-refractivity contribution is 9.10. The molecule has 0 unspecified atom stereocenters. The van der Waals surface area contributed by atoms with Gasteiger partial charge in [0.15, 0.2) is 5.11 Å². The zero-order valence-corrected chi connectivity index (χ0v) is 19.1. The number of aromatic nitrogens is 1. The predicted molar refractivity (Wildman–Crippen MR) is 123 cm³/mol. The third-order valence-corrected chi connectivity index (χ3v) is 5.95. The molecule has 1 fully saturated rings. The molecule has 1 N–H and O–H groups in total. The number of likely N-dealkylation sites (N-methyl/N-ethyl adjacent to an activating group) is 1. The molecule has 0 radical (unpaired) electrons. The Hall–Kier alpha value is -2.29. The van der Waals surface area contributed by atoms with Crippen LogP contribution in [0, 0.1) is 5.82 Å². The Morgan fingerprint density at radius 3 is 2.77 bits per heavy atom. The molecule has 156 valence electrons. The number of halogens is 2. The van der Waals surface area contributed by atoms with E-state index in [0.29, 0.717) is 26.7 Å². The molecular weight excluding hydrogens is 467 g/mol. The topological polar surface area (TPSA) is 44.5 Å². The van der Waals surface area contributed by atoms with Gasteiger partial charge in [-0.05, 0) is 68.8 Å². The average Bonchev–Trinajstić information content (AvgIpc) is 3.31. The third kappa shape index (κ3) is 4.26. The standard InChI is InChI=1S/C22H22BrFN4OS/c1-27(2)11-12-28-21(20(26-22(28)30)17-5-3-4-10-25-17)19-9-8-18(29-19)15-7-6-14(23)13-16(15)24/h3-10,13,20-21H,11-12H2,1-2H3,(H,26,30)/t20-,21-/m1/s1. The van der Waals surface area contributed by atoms with Crippen LogP contribution in [-0.4, -0.2) is 47.1 Å². The summed E-state index contributed by atoms with van der Waals surface area (Å²) in [6, 6.07) is 14.1. The maximum Gasteiger partial charge on any atom is 0.170 e. The highest BCUT2D eigenvalue weighted by Gasteiger charge is 2.41. The minimum absolute atomic E-state index is 0.158. The number of rotatable bonds is 6. The smallest absolute Gasteiger partial charge is 0.170 e. The van der Waals surface area contributed by atoms with E-state index in [1.165, 1.54) is 6.07 Å². The van der Waals surface area contributed by atoms with E-state index in [9.17, 15) is 4.39 Å². The van der Waals surface area contributed by atoms with Gasteiger partial charge in [0.25, 0.3) is 0 Å². The van der Waals surface area contributed by atoms with Crippen LogP contribution in [0.5, 0.6) is 0 Å². The Morgan fingerprint density at radius 1 is 1.23 bits per heavy atom. The van der Waals surface area contributed by atoms with Crippen LogP contribution >= 0.6 is 28.1 Å². The molecule has 1 aromatic carbocycles. The van der Waals surface area contributed by atoms with Crippen molar-refractivity contribution in [3.8, 4) is 11.3 Å². The number of nitrogens with one attached hydrogen (secondary N) is 1. The molecule has 1 aliphatic rings. The second-order valence-corrected chi connectivity index (χ2v) is 8.75. The molecule has 1 saturated heterocycles. The summed E-state index contributed by atoms with van der Waals surface area (Å²) in [5.41, 5.74) is 1.30. The van der Waals surface area contributed by atoms with Crippen molar-refractivity contribution in [3.63, 3.8) is 0 Å². The first-order valence-electron chi connectivity index (χ1n) is 9.62. The van der Waals surface area contributed by atoms with Gasteiger partial charge < -0.3 is 19.5 Å². The summed E-state index contributed by atoms with van der Waals surface area (Å²) in [5, 5.41) is 4.05. The molecule has 2 atom stereocenters. The van der Waals surface area contributed by atoms with Gasteiger partial charge in [-0.3, -0.25) is 4.98 Å². The van der Waals surface area contributed by atoms with E-state index in [2.05, 4.69) is 36.0 Å². The van der Waals surface area contributed by atoms with Crippen LogP contribution in [0.25, 0.3) is 11.3 Å². The Bertz CT molecular complexity index is 1040. The van der Waals surface area contributed by atoms with Crippen LogP contribution < -0.4 is 5.32 Å². The minimum Gasteiger partial charge on any atom is -0.459 e. The van der Waals surface area contributed by atoms with E-state index in [1.54, 1.807) is 18.3 Å². The quantitative estimate of drug-likeness (QED) is 0.503. The first-order valence-corrected chi connectivity index (χ1v) is 10.8. The normalized spacial score (nSPS) is 18.8. The minimum atomic E-state index is -0.337. The number of pyridine rings is 1. The lowest BCUT2D eigenvalue weighted by atomic mass is 10.0. The predicted octanol–water partition coefficient (Wildman–Crippen LogP) is 4.78. The molecule has 0 aliphatic carbocycles. The lowest BCUT2D eigenvalue weighted by Crippen LogP contribution is -2.35. The van der Waals surface area contributed by atoms with Gasteiger partial charge in [0.2, 0.25) is 0 Å². The van der Waals surface area contributed by atoms with Crippen LogP contribution in [0.4, 0.5) is 4.39 Å². The van der Waals surface area contributed by atoms with E-state index in [0.717, 1.165) is 18.8 Å². The highest BCUT2D eigenvalue weighted by Crippen LogP contribution is 2.40. The van der Waals surface area contributed by atoms with Crippen LogP contribution in [0.3, 0.4) is 0 Å². The Kier molecular flexibility index (Phi) is 6.17. The van der Waals surface area contributed by atoms with Crippen molar-refractivity contribution >= 4 is 33.3 Å². The molecule has 8 heteroatoms. The molecule has 3 heterocycles. The number of thiocarbonyl (C=S) groups is 1. The first kappa shape index (κ1) is 21.0. The fraction of sp³-hybridized carbons (Fsp3) is 0.273. The van der Waals surface area contributed by atoms with Gasteiger partial charge in [0.05, 0.1) is 17.3 Å². The molecule has 30 heavy (non-hydrogen) atoms. The summed E-state index contributed by atoms with van der Waals surface area (Å²) in [6.07, 6.45) is 1.77. The average molecular weight is 489 g/mol. The maximum atomic E-state index is 14.5. The SMILES string of the molecule is CN(C)CCN1C(=S)N[C@H](c2ccccn2)[C@H]1c1ccc(-c2ccc(Br)cc2F)o1. The zero-order chi connectivity index (χ0) is 21.3. The monoisotopic (exact) mass is 488 g/mol. The van der Waals surface area contributed by atoms with Crippen molar-refractivity contribution in [3.05, 3.63) is 76.5 Å². The lowest BCUT2D eigenvalue weighted by Gasteiger charge is -2.27. The maximum absolute atomic E-state index is 14.5. The molecule has 4 rings (SSSR count). The second-order valence-electron chi connectivity index (χ2n) is 7.45. The van der Waals surface area contributed by atoms with Crippen molar-refractivity contribution in [2.75, 3.05) is 27.2 Å². The van der Waals surface area contributed by atoms with Crippen LogP contribution in [0.1, 0.15) is 23.5 Å². The molecule has 2 aromatic heterocycles. The Balaban J connectivity index is 1.71.